The van der Waals surface area contributed by atoms with E-state index < -0.39 is 0 Å². The molecule has 6 heteroatoms. The molecule has 27 heavy (non-hydrogen) atoms. The van der Waals surface area contributed by atoms with Crippen LogP contribution >= 0.6 is 0 Å². The van der Waals surface area contributed by atoms with Crippen LogP contribution in [0.3, 0.4) is 0 Å². The van der Waals surface area contributed by atoms with Crippen LogP contribution in [0.2, 0.25) is 0 Å². The first-order chi connectivity index (χ1) is 12.9. The zero-order valence-electron chi connectivity index (χ0n) is 16.7. The lowest BCUT2D eigenvalue weighted by molar-refractivity contribution is 0.180. The zero-order chi connectivity index (χ0) is 19.7. The number of rotatable bonds is 7. The van der Waals surface area contributed by atoms with Gasteiger partial charge < -0.3 is 25.4 Å². The highest BCUT2D eigenvalue weighted by molar-refractivity contribution is 5.74. The average molecular weight is 376 g/mol. The molecule has 3 N–H and O–H groups in total. The molecule has 2 rings (SSSR count). The number of aliphatic hydroxyl groups excluding tert-OH is 1. The molecule has 0 unspecified atom stereocenters. The lowest BCUT2D eigenvalue weighted by Gasteiger charge is -2.34. The number of aliphatic hydroxyl groups is 1. The van der Waals surface area contributed by atoms with Gasteiger partial charge in [-0.15, -0.1) is 0 Å². The Labute approximate surface area is 162 Å². The monoisotopic (exact) mass is 375 g/mol. The summed E-state index contributed by atoms with van der Waals surface area (Å²) in [4.78, 5) is 14.2. The Morgan fingerprint density at radius 2 is 2.22 bits per heavy atom. The summed E-state index contributed by atoms with van der Waals surface area (Å²) in [5.74, 6) is 1.16. The van der Waals surface area contributed by atoms with E-state index in [4.69, 9.17) is 9.84 Å². The van der Waals surface area contributed by atoms with Crippen LogP contribution in [-0.2, 0) is 0 Å². The molecule has 1 aliphatic rings. The fourth-order valence-electron chi connectivity index (χ4n) is 3.46. The molecule has 0 saturated carbocycles. The van der Waals surface area contributed by atoms with Gasteiger partial charge in [0.2, 0.25) is 0 Å². The van der Waals surface area contributed by atoms with E-state index in [9.17, 15) is 4.79 Å². The van der Waals surface area contributed by atoms with Gasteiger partial charge in [-0.3, -0.25) is 0 Å². The van der Waals surface area contributed by atoms with E-state index in [0.29, 0.717) is 25.6 Å². The fraction of sp³-hybridized carbons (Fsp3) is 0.571. The first-order valence-electron chi connectivity index (χ1n) is 9.71. The van der Waals surface area contributed by atoms with Crippen LogP contribution in [0.15, 0.2) is 36.4 Å². The van der Waals surface area contributed by atoms with Crippen molar-refractivity contribution >= 4 is 11.7 Å². The summed E-state index contributed by atoms with van der Waals surface area (Å²) in [5, 5.41) is 15.2. The summed E-state index contributed by atoms with van der Waals surface area (Å²) in [5.41, 5.74) is 1.11. The van der Waals surface area contributed by atoms with Crippen LogP contribution in [0, 0.1) is 11.3 Å². The van der Waals surface area contributed by atoms with Gasteiger partial charge in [0.1, 0.15) is 5.75 Å². The van der Waals surface area contributed by atoms with Crippen molar-refractivity contribution in [1.29, 1.82) is 0 Å². The van der Waals surface area contributed by atoms with Crippen molar-refractivity contribution in [2.24, 2.45) is 11.3 Å². The Kier molecular flexibility index (Phi) is 7.98. The lowest BCUT2D eigenvalue weighted by Crippen LogP contribution is -2.45. The quantitative estimate of drug-likeness (QED) is 0.640. The SMILES string of the molecule is CCOc1cccc(NC[C@H]2CN(C(=O)NCCO)C/C=C\C(C)(C)C2)c1. The predicted molar refractivity (Wildman–Crippen MR) is 109 cm³/mol. The number of ether oxygens (including phenoxy) is 1. The number of nitrogens with one attached hydrogen (secondary N) is 2. The molecule has 0 bridgehead atoms. The molecule has 0 fully saturated rings. The van der Waals surface area contributed by atoms with Crippen LogP contribution in [0.4, 0.5) is 10.5 Å². The summed E-state index contributed by atoms with van der Waals surface area (Å²) < 4.78 is 5.56. The molecule has 150 valence electrons. The highest BCUT2D eigenvalue weighted by Gasteiger charge is 2.26. The number of hydrogen-bond acceptors (Lipinski definition) is 4. The normalized spacial score (nSPS) is 20.3. The average Bonchev–Trinajstić information content (AvgIpc) is 2.62. The minimum Gasteiger partial charge on any atom is -0.494 e. The number of anilines is 1. The molecule has 1 atom stereocenters. The number of hydrogen-bond donors (Lipinski definition) is 3. The lowest BCUT2D eigenvalue weighted by atomic mass is 9.81. The summed E-state index contributed by atoms with van der Waals surface area (Å²) in [6, 6.07) is 7.83. The molecule has 0 radical (unpaired) electrons. The third-order valence-corrected chi connectivity index (χ3v) is 4.60. The second-order valence-corrected chi connectivity index (χ2v) is 7.66. The Morgan fingerprint density at radius 1 is 1.41 bits per heavy atom. The first-order valence-corrected chi connectivity index (χ1v) is 9.71. The van der Waals surface area contributed by atoms with E-state index in [1.165, 1.54) is 0 Å². The minimum atomic E-state index is -0.128. The van der Waals surface area contributed by atoms with E-state index in [1.54, 1.807) is 0 Å². The molecule has 2 amide bonds. The molecule has 0 saturated heterocycles. The van der Waals surface area contributed by atoms with Gasteiger partial charge in [0.05, 0.1) is 13.2 Å². The van der Waals surface area contributed by atoms with Gasteiger partial charge in [-0.25, -0.2) is 4.79 Å². The van der Waals surface area contributed by atoms with Gasteiger partial charge in [0.15, 0.2) is 0 Å². The van der Waals surface area contributed by atoms with Gasteiger partial charge in [-0.2, -0.15) is 0 Å². The Balaban J connectivity index is 2.03. The predicted octanol–water partition coefficient (Wildman–Crippen LogP) is 3.10. The Morgan fingerprint density at radius 3 is 2.96 bits per heavy atom. The van der Waals surface area contributed by atoms with E-state index in [0.717, 1.165) is 24.4 Å². The molecular formula is C21H33N3O3. The van der Waals surface area contributed by atoms with Gasteiger partial charge in [0.25, 0.3) is 0 Å². The highest BCUT2D eigenvalue weighted by Crippen LogP contribution is 2.30. The second-order valence-electron chi connectivity index (χ2n) is 7.66. The molecule has 1 aromatic carbocycles. The van der Waals surface area contributed by atoms with E-state index in [2.05, 4.69) is 36.6 Å². The maximum Gasteiger partial charge on any atom is 0.317 e. The van der Waals surface area contributed by atoms with Crippen molar-refractivity contribution < 1.29 is 14.6 Å². The van der Waals surface area contributed by atoms with Crippen LogP contribution in [0.25, 0.3) is 0 Å². The van der Waals surface area contributed by atoms with Gasteiger partial charge in [-0.1, -0.05) is 32.1 Å². The summed E-state index contributed by atoms with van der Waals surface area (Å²) >= 11 is 0. The van der Waals surface area contributed by atoms with Gasteiger partial charge >= 0.3 is 6.03 Å². The number of urea groups is 1. The third kappa shape index (κ3) is 7.13. The Hall–Kier alpha value is -2.21. The van der Waals surface area contributed by atoms with Crippen molar-refractivity contribution in [3.63, 3.8) is 0 Å². The van der Waals surface area contributed by atoms with Crippen molar-refractivity contribution in [2.45, 2.75) is 27.2 Å². The maximum absolute atomic E-state index is 12.4. The summed E-state index contributed by atoms with van der Waals surface area (Å²) in [7, 11) is 0. The molecule has 6 nitrogen and oxygen atoms in total. The van der Waals surface area contributed by atoms with E-state index in [1.807, 2.05) is 36.1 Å². The smallest absolute Gasteiger partial charge is 0.317 e. The van der Waals surface area contributed by atoms with Crippen LogP contribution < -0.4 is 15.4 Å². The number of benzene rings is 1. The van der Waals surface area contributed by atoms with Crippen molar-refractivity contribution in [2.75, 3.05) is 44.7 Å². The molecule has 0 aromatic heterocycles. The van der Waals surface area contributed by atoms with E-state index in [-0.39, 0.29) is 24.6 Å². The molecule has 1 heterocycles. The summed E-state index contributed by atoms with van der Waals surface area (Å²) in [6.07, 6.45) is 5.24. The fourth-order valence-corrected chi connectivity index (χ4v) is 3.46. The second kappa shape index (κ2) is 10.2. The third-order valence-electron chi connectivity index (χ3n) is 4.60. The molecule has 0 spiro atoms. The highest BCUT2D eigenvalue weighted by atomic mass is 16.5. The molecule has 0 aliphatic carbocycles. The van der Waals surface area contributed by atoms with Gasteiger partial charge in [0, 0.05) is 37.9 Å². The van der Waals surface area contributed by atoms with Gasteiger partial charge in [-0.05, 0) is 36.8 Å². The van der Waals surface area contributed by atoms with E-state index >= 15 is 0 Å². The Bertz CT molecular complexity index is 631. The van der Waals surface area contributed by atoms with Crippen molar-refractivity contribution in [1.82, 2.24) is 10.2 Å². The first kappa shape index (κ1) is 21.1. The number of amides is 2. The minimum absolute atomic E-state index is 0.0520. The maximum atomic E-state index is 12.4. The largest absolute Gasteiger partial charge is 0.494 e. The number of carbonyl (C=O) groups is 1. The van der Waals surface area contributed by atoms with Crippen LogP contribution in [0.1, 0.15) is 27.2 Å². The zero-order valence-corrected chi connectivity index (χ0v) is 16.7. The standard InChI is InChI=1S/C21H33N3O3/c1-4-27-19-8-5-7-18(13-19)23-15-17-14-21(2,3)9-6-11-24(16-17)20(26)22-10-12-25/h5-9,13,17,23,25H,4,10-12,14-16H2,1-3H3,(H,22,26)/b9-6-/t17-/m0/s1. The number of carbonyl (C=O) groups excluding carboxylic acids is 1. The molecule has 1 aromatic rings. The summed E-state index contributed by atoms with van der Waals surface area (Å²) in [6.45, 7) is 9.32. The number of allylic oxidation sites excluding steroid dienone is 1. The van der Waals surface area contributed by atoms with Crippen molar-refractivity contribution in [3.8, 4) is 5.75 Å². The molecule has 1 aliphatic heterocycles. The van der Waals surface area contributed by atoms with Crippen molar-refractivity contribution in [3.05, 3.63) is 36.4 Å². The van der Waals surface area contributed by atoms with Crippen LogP contribution in [-0.4, -0.2) is 55.4 Å². The van der Waals surface area contributed by atoms with Crippen LogP contribution in [0.5, 0.6) is 5.75 Å². The number of nitrogens with zero attached hydrogens (tertiary/aromatic N) is 1. The topological polar surface area (TPSA) is 73.8 Å². The molecular weight excluding hydrogens is 342 g/mol.